The average Bonchev–Trinajstić information content (AvgIpc) is 2.47. The molecule has 0 fully saturated rings. The molecule has 0 saturated heterocycles. The maximum absolute atomic E-state index is 12.6. The molecule has 0 unspecified atom stereocenters. The summed E-state index contributed by atoms with van der Waals surface area (Å²) in [6.45, 7) is 0. The summed E-state index contributed by atoms with van der Waals surface area (Å²) >= 11 is 0. The number of fused-ring (bicyclic) bond motifs is 4. The smallest absolute Gasteiger partial charge is 0.267 e. The minimum atomic E-state index is -0.247. The van der Waals surface area contributed by atoms with E-state index in [-0.39, 0.29) is 16.9 Å². The van der Waals surface area contributed by atoms with Crippen LogP contribution in [0.1, 0.15) is 0 Å². The van der Waals surface area contributed by atoms with Crippen LogP contribution in [0.2, 0.25) is 0 Å². The normalized spacial score (nSPS) is 11.4. The fourth-order valence-electron chi connectivity index (χ4n) is 2.47. The fraction of sp³-hybridized carbons (Fsp3) is 0. The summed E-state index contributed by atoms with van der Waals surface area (Å²) in [4.78, 5) is 31.7. The van der Waals surface area contributed by atoms with Crippen molar-refractivity contribution >= 4 is 27.6 Å². The van der Waals surface area contributed by atoms with Crippen LogP contribution in [0.4, 0.5) is 0 Å². The Bertz CT molecular complexity index is 1090. The number of nitrogens with one attached hydrogen (secondary N) is 1. The van der Waals surface area contributed by atoms with Gasteiger partial charge < -0.3 is 0 Å². The molecule has 5 heteroatoms. The van der Waals surface area contributed by atoms with Crippen molar-refractivity contribution in [1.29, 1.82) is 0 Å². The molecule has 0 bridgehead atoms. The van der Waals surface area contributed by atoms with Gasteiger partial charge in [-0.05, 0) is 24.3 Å². The van der Waals surface area contributed by atoms with Gasteiger partial charge in [0, 0.05) is 0 Å². The third-order valence-electron chi connectivity index (χ3n) is 3.39. The molecule has 0 amide bonds. The fourth-order valence-corrected chi connectivity index (χ4v) is 2.47. The maximum Gasteiger partial charge on any atom is 0.267 e. The molecule has 5 nitrogen and oxygen atoms in total. The lowest BCUT2D eigenvalue weighted by atomic mass is 10.2. The van der Waals surface area contributed by atoms with Crippen molar-refractivity contribution in [2.75, 3.05) is 0 Å². The average molecular weight is 263 g/mol. The van der Waals surface area contributed by atoms with Gasteiger partial charge in [-0.2, -0.15) is 0 Å². The molecule has 0 atom stereocenters. The zero-order valence-electron chi connectivity index (χ0n) is 10.3. The summed E-state index contributed by atoms with van der Waals surface area (Å²) in [5.74, 6) is 0.261. The predicted octanol–water partition coefficient (Wildman–Crippen LogP) is 1.69. The number of hydrogen-bond acceptors (Lipinski definition) is 3. The molecule has 4 aromatic rings. The summed E-state index contributed by atoms with van der Waals surface area (Å²) in [6.07, 6.45) is 0. The highest BCUT2D eigenvalue weighted by Gasteiger charge is 2.09. The van der Waals surface area contributed by atoms with Gasteiger partial charge >= 0.3 is 0 Å². The van der Waals surface area contributed by atoms with E-state index in [1.165, 1.54) is 4.40 Å². The first-order valence-corrected chi connectivity index (χ1v) is 6.18. The van der Waals surface area contributed by atoms with Crippen LogP contribution in [0.3, 0.4) is 0 Å². The first kappa shape index (κ1) is 10.9. The number of H-pyrrole nitrogens is 1. The lowest BCUT2D eigenvalue weighted by molar-refractivity contribution is 1.05. The topological polar surface area (TPSA) is 67.2 Å². The second-order valence-corrected chi connectivity index (χ2v) is 4.56. The predicted molar refractivity (Wildman–Crippen MR) is 77.1 cm³/mol. The Morgan fingerprint density at radius 1 is 0.900 bits per heavy atom. The van der Waals surface area contributed by atoms with Gasteiger partial charge in [0.2, 0.25) is 5.78 Å². The minimum absolute atomic E-state index is 0.182. The van der Waals surface area contributed by atoms with Crippen molar-refractivity contribution in [2.24, 2.45) is 0 Å². The standard InChI is InChI=1S/C15H9N3O2/c19-13-10-6-2-4-8-12(10)18-14(20)9-5-1-3-7-11(9)16-15(18)17-13/h1-8H,(H,16,17,19). The van der Waals surface area contributed by atoms with Gasteiger partial charge in [-0.15, -0.1) is 0 Å². The van der Waals surface area contributed by atoms with Crippen molar-refractivity contribution in [3.63, 3.8) is 0 Å². The second kappa shape index (κ2) is 3.77. The SMILES string of the molecule is O=c1[nH]c2nc3ccccc3c(=O)n2c2ccccc12. The van der Waals surface area contributed by atoms with Crippen molar-refractivity contribution in [1.82, 2.24) is 14.4 Å². The van der Waals surface area contributed by atoms with Crippen molar-refractivity contribution in [2.45, 2.75) is 0 Å². The number of benzene rings is 2. The van der Waals surface area contributed by atoms with Crippen molar-refractivity contribution in [3.8, 4) is 0 Å². The van der Waals surface area contributed by atoms with Crippen LogP contribution < -0.4 is 11.1 Å². The number of rotatable bonds is 0. The van der Waals surface area contributed by atoms with Gasteiger partial charge in [0.15, 0.2) is 0 Å². The van der Waals surface area contributed by atoms with Crippen LogP contribution in [0.25, 0.3) is 27.6 Å². The molecule has 0 aliphatic heterocycles. The molecular formula is C15H9N3O2. The molecule has 0 radical (unpaired) electrons. The largest absolute Gasteiger partial charge is 0.291 e. The lowest BCUT2D eigenvalue weighted by Gasteiger charge is -2.06. The van der Waals surface area contributed by atoms with Gasteiger partial charge in [-0.1, -0.05) is 24.3 Å². The molecule has 0 aliphatic carbocycles. The highest BCUT2D eigenvalue weighted by Crippen LogP contribution is 2.12. The van der Waals surface area contributed by atoms with E-state index in [9.17, 15) is 9.59 Å². The van der Waals surface area contributed by atoms with E-state index >= 15 is 0 Å². The van der Waals surface area contributed by atoms with Crippen LogP contribution in [0.15, 0.2) is 58.1 Å². The van der Waals surface area contributed by atoms with E-state index in [0.717, 1.165) is 0 Å². The van der Waals surface area contributed by atoms with Gasteiger partial charge in [-0.25, -0.2) is 9.38 Å². The molecule has 0 aliphatic rings. The van der Waals surface area contributed by atoms with E-state index in [4.69, 9.17) is 0 Å². The number of aromatic nitrogens is 3. The van der Waals surface area contributed by atoms with E-state index in [0.29, 0.717) is 21.8 Å². The number of para-hydroxylation sites is 2. The quantitative estimate of drug-likeness (QED) is 0.388. The highest BCUT2D eigenvalue weighted by molar-refractivity contribution is 5.84. The van der Waals surface area contributed by atoms with Crippen LogP contribution >= 0.6 is 0 Å². The summed E-state index contributed by atoms with van der Waals surface area (Å²) in [6, 6.07) is 14.1. The molecule has 2 heterocycles. The van der Waals surface area contributed by atoms with E-state index in [2.05, 4.69) is 9.97 Å². The molecule has 2 aromatic heterocycles. The second-order valence-electron chi connectivity index (χ2n) is 4.56. The Morgan fingerprint density at radius 3 is 2.45 bits per heavy atom. The summed E-state index contributed by atoms with van der Waals surface area (Å²) in [7, 11) is 0. The van der Waals surface area contributed by atoms with E-state index < -0.39 is 0 Å². The van der Waals surface area contributed by atoms with Gasteiger partial charge in [-0.3, -0.25) is 14.6 Å². The molecule has 2 aromatic carbocycles. The third-order valence-corrected chi connectivity index (χ3v) is 3.39. The first-order valence-electron chi connectivity index (χ1n) is 6.18. The van der Waals surface area contributed by atoms with Crippen LogP contribution in [0, 0.1) is 0 Å². The highest BCUT2D eigenvalue weighted by atomic mass is 16.1. The molecule has 1 N–H and O–H groups in total. The van der Waals surface area contributed by atoms with Crippen LogP contribution in [-0.2, 0) is 0 Å². The minimum Gasteiger partial charge on any atom is -0.291 e. The third kappa shape index (κ3) is 1.34. The van der Waals surface area contributed by atoms with Crippen LogP contribution in [0.5, 0.6) is 0 Å². The monoisotopic (exact) mass is 263 g/mol. The molecule has 0 saturated carbocycles. The number of nitrogens with zero attached hydrogens (tertiary/aromatic N) is 2. The zero-order chi connectivity index (χ0) is 13.7. The lowest BCUT2D eigenvalue weighted by Crippen LogP contribution is -2.21. The van der Waals surface area contributed by atoms with E-state index in [1.807, 2.05) is 6.07 Å². The van der Waals surface area contributed by atoms with Gasteiger partial charge in [0.1, 0.15) is 0 Å². The van der Waals surface area contributed by atoms with Crippen molar-refractivity contribution in [3.05, 3.63) is 69.2 Å². The summed E-state index contributed by atoms with van der Waals surface area (Å²) in [5, 5.41) is 1.00. The van der Waals surface area contributed by atoms with Crippen molar-refractivity contribution < 1.29 is 0 Å². The number of hydrogen-bond donors (Lipinski definition) is 1. The molecule has 0 spiro atoms. The maximum atomic E-state index is 12.6. The Morgan fingerprint density at radius 2 is 1.60 bits per heavy atom. The summed E-state index contributed by atoms with van der Waals surface area (Å²) < 4.78 is 1.44. The first-order chi connectivity index (χ1) is 9.75. The Labute approximate surface area is 112 Å². The Kier molecular flexibility index (Phi) is 2.06. The molecule has 4 rings (SSSR count). The van der Waals surface area contributed by atoms with Gasteiger partial charge in [0.05, 0.1) is 21.8 Å². The zero-order valence-corrected chi connectivity index (χ0v) is 10.3. The summed E-state index contributed by atoms with van der Waals surface area (Å²) in [5.41, 5.74) is 0.707. The Balaban J connectivity index is 2.42. The molecular weight excluding hydrogens is 254 g/mol. The molecule has 96 valence electrons. The van der Waals surface area contributed by atoms with E-state index in [1.54, 1.807) is 42.5 Å². The molecule has 20 heavy (non-hydrogen) atoms. The van der Waals surface area contributed by atoms with Gasteiger partial charge in [0.25, 0.3) is 11.1 Å². The Hall–Kier alpha value is -2.95. The van der Waals surface area contributed by atoms with Crippen LogP contribution in [-0.4, -0.2) is 14.4 Å². The number of aromatic amines is 1.